The molecule has 0 aromatic heterocycles. The molecule has 0 bridgehead atoms. The number of ether oxygens (including phenoxy) is 2. The first kappa shape index (κ1) is 31.6. The van der Waals surface area contributed by atoms with Crippen LogP contribution in [0.2, 0.25) is 0 Å². The third-order valence-corrected chi connectivity index (χ3v) is 8.03. The van der Waals surface area contributed by atoms with Crippen molar-refractivity contribution < 1.29 is 19.1 Å². The average molecular weight is 650 g/mol. The Morgan fingerprint density at radius 3 is 1.92 bits per heavy atom. The molecule has 8 heteroatoms. The van der Waals surface area contributed by atoms with Crippen molar-refractivity contribution in [3.63, 3.8) is 0 Å². The Labute approximate surface area is 243 Å². The van der Waals surface area contributed by atoms with E-state index >= 15 is 0 Å². The van der Waals surface area contributed by atoms with Crippen molar-refractivity contribution in [1.29, 1.82) is 0 Å². The van der Waals surface area contributed by atoms with Crippen LogP contribution in [-0.4, -0.2) is 28.1 Å². The fourth-order valence-electron chi connectivity index (χ4n) is 3.59. The molecule has 2 aromatic rings. The fourth-order valence-corrected chi connectivity index (χ4v) is 4.01. The Morgan fingerprint density at radius 1 is 0.842 bits per heavy atom. The highest BCUT2D eigenvalue weighted by atomic mass is 79.9. The van der Waals surface area contributed by atoms with Gasteiger partial charge in [-0.2, -0.15) is 0 Å². The summed E-state index contributed by atoms with van der Waals surface area (Å²) in [6.45, 7) is 21.0. The maximum atomic E-state index is 12.7. The number of carbonyl (C=O) groups excluding carboxylic acids is 2. The van der Waals surface area contributed by atoms with E-state index in [2.05, 4.69) is 55.7 Å². The zero-order valence-electron chi connectivity index (χ0n) is 23.2. The van der Waals surface area contributed by atoms with Crippen LogP contribution >= 0.6 is 31.9 Å². The molecule has 2 N–H and O–H groups in total. The molecule has 2 aromatic carbocycles. The highest BCUT2D eigenvalue weighted by molar-refractivity contribution is 9.25. The summed E-state index contributed by atoms with van der Waals surface area (Å²) in [7, 11) is 0. The van der Waals surface area contributed by atoms with Crippen LogP contribution in [0, 0.1) is 0 Å². The van der Waals surface area contributed by atoms with E-state index in [1.807, 2.05) is 90.1 Å². The van der Waals surface area contributed by atoms with Crippen LogP contribution in [0.3, 0.4) is 0 Å². The van der Waals surface area contributed by atoms with Gasteiger partial charge in [0, 0.05) is 0 Å². The smallest absolute Gasteiger partial charge is 0.408 e. The maximum Gasteiger partial charge on any atom is 0.408 e. The summed E-state index contributed by atoms with van der Waals surface area (Å²) in [5, 5.41) is 5.79. The number of nitrogens with one attached hydrogen (secondary N) is 2. The van der Waals surface area contributed by atoms with E-state index in [1.54, 1.807) is 6.92 Å². The quantitative estimate of drug-likeness (QED) is 0.254. The number of benzene rings is 2. The molecule has 0 radical (unpaired) electrons. The average Bonchev–Trinajstić information content (AvgIpc) is 2.82. The van der Waals surface area contributed by atoms with Gasteiger partial charge in [0.2, 0.25) is 0 Å². The van der Waals surface area contributed by atoms with Gasteiger partial charge in [0.1, 0.15) is 12.7 Å². The number of alkyl carbamates (subject to hydrolysis) is 2. The first-order valence-electron chi connectivity index (χ1n) is 12.3. The summed E-state index contributed by atoms with van der Waals surface area (Å²) in [5.41, 5.74) is 4.44. The van der Waals surface area contributed by atoms with Gasteiger partial charge in [-0.25, -0.2) is 9.59 Å². The summed E-state index contributed by atoms with van der Waals surface area (Å²) in [6.07, 6.45) is -1.88. The van der Waals surface area contributed by atoms with Gasteiger partial charge in [0.05, 0.1) is 11.1 Å². The Hall–Kier alpha value is -2.58. The molecule has 0 aliphatic rings. The van der Waals surface area contributed by atoms with Crippen LogP contribution in [0.25, 0.3) is 11.1 Å². The van der Waals surface area contributed by atoms with Crippen molar-refractivity contribution in [3.8, 4) is 0 Å². The van der Waals surface area contributed by atoms with E-state index in [0.717, 1.165) is 33.4 Å². The van der Waals surface area contributed by atoms with Crippen molar-refractivity contribution in [3.05, 3.63) is 83.9 Å². The van der Waals surface area contributed by atoms with Crippen molar-refractivity contribution >= 4 is 55.2 Å². The van der Waals surface area contributed by atoms with Gasteiger partial charge in [0.15, 0.2) is 3.23 Å². The van der Waals surface area contributed by atoms with Crippen LogP contribution in [0.1, 0.15) is 70.7 Å². The molecular formula is C30H38Br2N2O4. The van der Waals surface area contributed by atoms with Gasteiger partial charge >= 0.3 is 12.2 Å². The van der Waals surface area contributed by atoms with E-state index in [-0.39, 0.29) is 6.61 Å². The van der Waals surface area contributed by atoms with Gasteiger partial charge in [-0.3, -0.25) is 0 Å². The number of carbonyl (C=O) groups is 2. The predicted octanol–water partition coefficient (Wildman–Crippen LogP) is 8.25. The summed E-state index contributed by atoms with van der Waals surface area (Å²) in [4.78, 5) is 25.3. The molecule has 2 amide bonds. The minimum Gasteiger partial charge on any atom is -0.447 e. The fraction of sp³-hybridized carbons (Fsp3) is 0.400. The van der Waals surface area contributed by atoms with E-state index in [9.17, 15) is 9.59 Å². The lowest BCUT2D eigenvalue weighted by Crippen LogP contribution is -2.46. The number of hydrogen-bond donors (Lipinski definition) is 2. The van der Waals surface area contributed by atoms with Gasteiger partial charge in [-0.15, -0.1) is 0 Å². The van der Waals surface area contributed by atoms with Crippen molar-refractivity contribution in [1.82, 2.24) is 10.6 Å². The highest BCUT2D eigenvalue weighted by Crippen LogP contribution is 2.33. The molecule has 0 fully saturated rings. The van der Waals surface area contributed by atoms with Crippen LogP contribution in [-0.2, 0) is 20.6 Å². The molecule has 0 aliphatic heterocycles. The Balaban J connectivity index is 1.94. The molecule has 0 aliphatic carbocycles. The van der Waals surface area contributed by atoms with Crippen LogP contribution < -0.4 is 10.6 Å². The lowest BCUT2D eigenvalue weighted by molar-refractivity contribution is 0.0750. The topological polar surface area (TPSA) is 76.7 Å². The number of alkyl halides is 2. The lowest BCUT2D eigenvalue weighted by Gasteiger charge is -2.31. The molecular weight excluding hydrogens is 612 g/mol. The Morgan fingerprint density at radius 2 is 1.37 bits per heavy atom. The van der Waals surface area contributed by atoms with E-state index in [0.29, 0.717) is 0 Å². The largest absolute Gasteiger partial charge is 0.447 e. The van der Waals surface area contributed by atoms with E-state index in [4.69, 9.17) is 9.47 Å². The minimum absolute atomic E-state index is 0.0963. The van der Waals surface area contributed by atoms with E-state index < -0.39 is 32.6 Å². The molecule has 1 atom stereocenters. The van der Waals surface area contributed by atoms with Crippen LogP contribution in [0.5, 0.6) is 0 Å². The van der Waals surface area contributed by atoms with Crippen molar-refractivity contribution in [2.24, 2.45) is 0 Å². The van der Waals surface area contributed by atoms with E-state index in [1.165, 1.54) is 0 Å². The van der Waals surface area contributed by atoms with Gasteiger partial charge < -0.3 is 20.1 Å². The second kappa shape index (κ2) is 12.5. The Kier molecular flexibility index (Phi) is 10.4. The summed E-state index contributed by atoms with van der Waals surface area (Å²) in [5.74, 6) is 0. The first-order chi connectivity index (χ1) is 17.4. The van der Waals surface area contributed by atoms with Gasteiger partial charge in [0.25, 0.3) is 0 Å². The first-order valence-corrected chi connectivity index (χ1v) is 13.9. The summed E-state index contributed by atoms with van der Waals surface area (Å²) in [6, 6.07) is 15.7. The molecule has 0 heterocycles. The lowest BCUT2D eigenvalue weighted by atomic mass is 9.92. The number of hydrogen-bond acceptors (Lipinski definition) is 4. The number of rotatable bonds is 10. The molecule has 0 saturated heterocycles. The number of allylic oxidation sites excluding steroid dienone is 2. The monoisotopic (exact) mass is 648 g/mol. The second-order valence-electron chi connectivity index (χ2n) is 10.6. The van der Waals surface area contributed by atoms with Crippen molar-refractivity contribution in [2.75, 3.05) is 6.61 Å². The zero-order valence-corrected chi connectivity index (χ0v) is 26.4. The molecule has 6 nitrogen and oxygen atoms in total. The maximum absolute atomic E-state index is 12.7. The molecule has 1 unspecified atom stereocenters. The number of halogens is 2. The second-order valence-corrected chi connectivity index (χ2v) is 14.5. The van der Waals surface area contributed by atoms with Crippen LogP contribution in [0.4, 0.5) is 9.59 Å². The van der Waals surface area contributed by atoms with Gasteiger partial charge in [-0.05, 0) is 76.8 Å². The molecule has 0 spiro atoms. The molecule has 38 heavy (non-hydrogen) atoms. The summed E-state index contributed by atoms with van der Waals surface area (Å²) < 4.78 is 10.1. The normalized spacial score (nSPS) is 12.8. The highest BCUT2D eigenvalue weighted by Gasteiger charge is 2.37. The van der Waals surface area contributed by atoms with Crippen LogP contribution in [0.15, 0.2) is 61.7 Å². The van der Waals surface area contributed by atoms with Crippen molar-refractivity contribution in [2.45, 2.75) is 68.9 Å². The Bertz CT molecular complexity index is 1190. The molecule has 206 valence electrons. The third-order valence-electron chi connectivity index (χ3n) is 6.28. The SMILES string of the molecule is C=C(C)c1ccc(C(C)(C)NC(=O)OC(C)C(Br)(Br)COC(=O)NC(C)(C)c2cccc(C(=C)C)c2)cc1. The predicted molar refractivity (Wildman–Crippen MR) is 162 cm³/mol. The molecule has 2 rings (SSSR count). The zero-order chi connectivity index (χ0) is 28.9. The third kappa shape index (κ3) is 8.73. The molecule has 0 saturated carbocycles. The standard InChI is InChI=1S/C30H38Br2N2O4/c1-19(2)22-13-15-24(16-14-22)28(6,7)34-27(36)38-21(5)30(31,32)18-37-26(35)33-29(8,9)25-12-10-11-23(17-25)20(3)4/h10-17,21H,1,3,18H2,2,4-9H3,(H,33,35)(H,34,36). The minimum atomic E-state index is -0.994. The summed E-state index contributed by atoms with van der Waals surface area (Å²) >= 11 is 6.98. The van der Waals surface area contributed by atoms with Gasteiger partial charge in [-0.1, -0.05) is 98.6 Å². The number of amides is 2.